The normalized spacial score (nSPS) is 12.1. The van der Waals surface area contributed by atoms with Crippen molar-refractivity contribution in [2.75, 3.05) is 27.2 Å². The quantitative estimate of drug-likeness (QED) is 0.305. The van der Waals surface area contributed by atoms with Gasteiger partial charge in [-0.25, -0.2) is 0 Å². The maximum Gasteiger partial charge on any atom is 0.119 e. The molecule has 0 aromatic heterocycles. The van der Waals surface area contributed by atoms with Crippen molar-refractivity contribution in [2.24, 2.45) is 0 Å². The predicted molar refractivity (Wildman–Crippen MR) is 128 cm³/mol. The van der Waals surface area contributed by atoms with Crippen molar-refractivity contribution in [1.29, 1.82) is 0 Å². The molecule has 3 nitrogen and oxygen atoms in total. The van der Waals surface area contributed by atoms with E-state index in [-0.39, 0.29) is 6.10 Å². The molecule has 0 radical (unpaired) electrons. The highest BCUT2D eigenvalue weighted by molar-refractivity contribution is 5.29. The van der Waals surface area contributed by atoms with E-state index in [2.05, 4.69) is 85.7 Å². The molecule has 0 bridgehead atoms. The van der Waals surface area contributed by atoms with Gasteiger partial charge in [0, 0.05) is 6.61 Å². The molecule has 0 amide bonds. The Labute approximate surface area is 187 Å². The molecule has 0 N–H and O–H groups in total. The minimum atomic E-state index is 0.119. The summed E-state index contributed by atoms with van der Waals surface area (Å²) >= 11 is 0. The molecule has 0 heterocycles. The number of ether oxygens (including phenoxy) is 2. The number of benzene rings is 3. The summed E-state index contributed by atoms with van der Waals surface area (Å²) in [6.07, 6.45) is 4.36. The average molecular weight is 418 g/mol. The molecule has 1 unspecified atom stereocenters. The molecule has 3 aromatic rings. The van der Waals surface area contributed by atoms with E-state index in [4.69, 9.17) is 9.47 Å². The van der Waals surface area contributed by atoms with Gasteiger partial charge < -0.3 is 14.4 Å². The SMILES string of the molecule is CN(C)CCCOC(CCCc1ccccc1)c1ccc(OCc2ccccc2)cc1. The monoisotopic (exact) mass is 417 g/mol. The Kier molecular flexibility index (Phi) is 9.62. The van der Waals surface area contributed by atoms with Gasteiger partial charge in [0.1, 0.15) is 12.4 Å². The Morgan fingerprint density at radius 3 is 2.03 bits per heavy atom. The van der Waals surface area contributed by atoms with Crippen LogP contribution in [0.15, 0.2) is 84.9 Å². The van der Waals surface area contributed by atoms with Crippen LogP contribution >= 0.6 is 0 Å². The van der Waals surface area contributed by atoms with E-state index in [1.54, 1.807) is 0 Å². The highest BCUT2D eigenvalue weighted by Gasteiger charge is 2.13. The third-order valence-electron chi connectivity index (χ3n) is 5.34. The van der Waals surface area contributed by atoms with Crippen LogP contribution in [-0.2, 0) is 17.8 Å². The lowest BCUT2D eigenvalue weighted by atomic mass is 10.0. The maximum atomic E-state index is 6.32. The van der Waals surface area contributed by atoms with Gasteiger partial charge in [-0.15, -0.1) is 0 Å². The summed E-state index contributed by atoms with van der Waals surface area (Å²) < 4.78 is 12.3. The van der Waals surface area contributed by atoms with Crippen LogP contribution in [0, 0.1) is 0 Å². The second kappa shape index (κ2) is 12.9. The Hall–Kier alpha value is -2.62. The zero-order chi connectivity index (χ0) is 21.7. The predicted octanol–water partition coefficient (Wildman–Crippen LogP) is 6.30. The van der Waals surface area contributed by atoms with Crippen LogP contribution in [0.25, 0.3) is 0 Å². The van der Waals surface area contributed by atoms with Crippen molar-refractivity contribution in [3.63, 3.8) is 0 Å². The van der Waals surface area contributed by atoms with Gasteiger partial charge in [-0.2, -0.15) is 0 Å². The number of hydrogen-bond donors (Lipinski definition) is 0. The maximum absolute atomic E-state index is 6.32. The molecular formula is C28H35NO2. The van der Waals surface area contributed by atoms with Crippen LogP contribution in [0.4, 0.5) is 0 Å². The van der Waals surface area contributed by atoms with Crippen LogP contribution in [0.5, 0.6) is 5.75 Å². The lowest BCUT2D eigenvalue weighted by molar-refractivity contribution is 0.0410. The molecule has 0 saturated heterocycles. The van der Waals surface area contributed by atoms with E-state index < -0.39 is 0 Å². The van der Waals surface area contributed by atoms with Gasteiger partial charge in [0.15, 0.2) is 0 Å². The fraction of sp³-hybridized carbons (Fsp3) is 0.357. The highest BCUT2D eigenvalue weighted by atomic mass is 16.5. The molecule has 0 aliphatic carbocycles. The van der Waals surface area contributed by atoms with Gasteiger partial charge in [0.25, 0.3) is 0 Å². The van der Waals surface area contributed by atoms with E-state index in [0.717, 1.165) is 44.6 Å². The van der Waals surface area contributed by atoms with Gasteiger partial charge in [0.2, 0.25) is 0 Å². The molecule has 3 rings (SSSR count). The molecule has 0 saturated carbocycles. The fourth-order valence-electron chi connectivity index (χ4n) is 3.61. The van der Waals surface area contributed by atoms with Crippen LogP contribution in [0.1, 0.15) is 42.1 Å². The Morgan fingerprint density at radius 2 is 1.39 bits per heavy atom. The first-order valence-electron chi connectivity index (χ1n) is 11.3. The molecule has 0 aliphatic heterocycles. The van der Waals surface area contributed by atoms with Crippen molar-refractivity contribution in [3.8, 4) is 5.75 Å². The number of aryl methyl sites for hydroxylation is 1. The molecule has 164 valence electrons. The first kappa shape index (κ1) is 23.1. The smallest absolute Gasteiger partial charge is 0.119 e. The van der Waals surface area contributed by atoms with Gasteiger partial charge in [-0.05, 0) is 75.1 Å². The molecule has 0 fully saturated rings. The summed E-state index contributed by atoms with van der Waals surface area (Å²) in [4.78, 5) is 2.20. The number of rotatable bonds is 13. The third kappa shape index (κ3) is 8.56. The minimum Gasteiger partial charge on any atom is -0.489 e. The number of nitrogens with zero attached hydrogens (tertiary/aromatic N) is 1. The van der Waals surface area contributed by atoms with Crippen LogP contribution in [-0.4, -0.2) is 32.1 Å². The highest BCUT2D eigenvalue weighted by Crippen LogP contribution is 2.26. The standard InChI is InChI=1S/C28H35NO2/c1-29(2)21-10-22-30-28(16-9-15-24-11-5-3-6-12-24)26-17-19-27(20-18-26)31-23-25-13-7-4-8-14-25/h3-8,11-14,17-20,28H,9-10,15-16,21-23H2,1-2H3. The lowest BCUT2D eigenvalue weighted by Gasteiger charge is -2.20. The minimum absolute atomic E-state index is 0.119. The summed E-state index contributed by atoms with van der Waals surface area (Å²) in [5, 5.41) is 0. The number of hydrogen-bond acceptors (Lipinski definition) is 3. The largest absolute Gasteiger partial charge is 0.489 e. The molecule has 0 aliphatic rings. The summed E-state index contributed by atoms with van der Waals surface area (Å²) in [6, 6.07) is 29.4. The molecule has 3 heteroatoms. The van der Waals surface area contributed by atoms with Gasteiger partial charge in [-0.1, -0.05) is 72.8 Å². The summed E-state index contributed by atoms with van der Waals surface area (Å²) in [6.45, 7) is 2.41. The molecule has 31 heavy (non-hydrogen) atoms. The molecule has 0 spiro atoms. The lowest BCUT2D eigenvalue weighted by Crippen LogP contribution is -2.16. The first-order valence-corrected chi connectivity index (χ1v) is 11.3. The Bertz CT molecular complexity index is 847. The van der Waals surface area contributed by atoms with E-state index in [9.17, 15) is 0 Å². The van der Waals surface area contributed by atoms with Crippen molar-refractivity contribution < 1.29 is 9.47 Å². The van der Waals surface area contributed by atoms with Gasteiger partial charge in [-0.3, -0.25) is 0 Å². The van der Waals surface area contributed by atoms with Crippen molar-refractivity contribution in [2.45, 2.75) is 38.4 Å². The average Bonchev–Trinajstić information content (AvgIpc) is 2.81. The second-order valence-corrected chi connectivity index (χ2v) is 8.24. The van der Waals surface area contributed by atoms with Crippen molar-refractivity contribution in [1.82, 2.24) is 4.90 Å². The van der Waals surface area contributed by atoms with E-state index in [1.165, 1.54) is 16.7 Å². The second-order valence-electron chi connectivity index (χ2n) is 8.24. The van der Waals surface area contributed by atoms with Crippen LogP contribution < -0.4 is 4.74 Å². The van der Waals surface area contributed by atoms with E-state index >= 15 is 0 Å². The van der Waals surface area contributed by atoms with Crippen molar-refractivity contribution >= 4 is 0 Å². The fourth-order valence-corrected chi connectivity index (χ4v) is 3.61. The third-order valence-corrected chi connectivity index (χ3v) is 5.34. The van der Waals surface area contributed by atoms with Crippen molar-refractivity contribution in [3.05, 3.63) is 102 Å². The molecule has 3 aromatic carbocycles. The van der Waals surface area contributed by atoms with Gasteiger partial charge >= 0.3 is 0 Å². The zero-order valence-corrected chi connectivity index (χ0v) is 18.9. The van der Waals surface area contributed by atoms with Crippen LogP contribution in [0.2, 0.25) is 0 Å². The summed E-state index contributed by atoms with van der Waals surface area (Å²) in [7, 11) is 4.21. The first-order chi connectivity index (χ1) is 15.2. The summed E-state index contributed by atoms with van der Waals surface area (Å²) in [5.74, 6) is 0.892. The van der Waals surface area contributed by atoms with Crippen LogP contribution in [0.3, 0.4) is 0 Å². The van der Waals surface area contributed by atoms with E-state index in [1.807, 2.05) is 18.2 Å². The van der Waals surface area contributed by atoms with Gasteiger partial charge in [0.05, 0.1) is 6.10 Å². The summed E-state index contributed by atoms with van der Waals surface area (Å²) in [5.41, 5.74) is 3.79. The Balaban J connectivity index is 1.55. The molecular weight excluding hydrogens is 382 g/mol. The van der Waals surface area contributed by atoms with E-state index in [0.29, 0.717) is 6.61 Å². The molecule has 1 atom stereocenters. The topological polar surface area (TPSA) is 21.7 Å². The Morgan fingerprint density at radius 1 is 0.742 bits per heavy atom. The zero-order valence-electron chi connectivity index (χ0n) is 18.9.